The van der Waals surface area contributed by atoms with E-state index < -0.39 is 0 Å². The number of nitrogens with one attached hydrogen (secondary N) is 2. The molecule has 2 N–H and O–H groups in total. The smallest absolute Gasteiger partial charge is 0.223 e. The lowest BCUT2D eigenvalue weighted by molar-refractivity contribution is -0.128. The van der Waals surface area contributed by atoms with E-state index >= 15 is 0 Å². The summed E-state index contributed by atoms with van der Waals surface area (Å²) in [5, 5.41) is 6.22. The van der Waals surface area contributed by atoms with E-state index in [2.05, 4.69) is 10.6 Å². The molecule has 0 bridgehead atoms. The first kappa shape index (κ1) is 16.0. The Kier molecular flexibility index (Phi) is 4.96. The van der Waals surface area contributed by atoms with Crippen molar-refractivity contribution >= 4 is 11.8 Å². The van der Waals surface area contributed by atoms with Gasteiger partial charge in [-0.3, -0.25) is 9.59 Å². The number of carbonyl (C=O) groups is 2. The lowest BCUT2D eigenvalue weighted by Crippen LogP contribution is -2.49. The summed E-state index contributed by atoms with van der Waals surface area (Å²) in [5.41, 5.74) is 2.23. The van der Waals surface area contributed by atoms with Gasteiger partial charge in [0.15, 0.2) is 0 Å². The van der Waals surface area contributed by atoms with Crippen LogP contribution in [0.15, 0.2) is 24.3 Å². The fourth-order valence-corrected chi connectivity index (χ4v) is 3.08. The molecule has 1 atom stereocenters. The Bertz CT molecular complexity index is 566. The maximum atomic E-state index is 12.1. The zero-order valence-electron chi connectivity index (χ0n) is 13.7. The fraction of sp³-hybridized carbons (Fsp3) is 0.556. The SMILES string of the molecule is CC(C(=O)NCc1ccc(CN2CCCC2=O)cc1)C1CNC1. The van der Waals surface area contributed by atoms with Gasteiger partial charge >= 0.3 is 0 Å². The lowest BCUT2D eigenvalue weighted by Gasteiger charge is -2.31. The monoisotopic (exact) mass is 315 g/mol. The van der Waals surface area contributed by atoms with Crippen LogP contribution in [0.3, 0.4) is 0 Å². The molecule has 1 aromatic carbocycles. The van der Waals surface area contributed by atoms with Gasteiger partial charge in [-0.2, -0.15) is 0 Å². The van der Waals surface area contributed by atoms with Crippen LogP contribution in [-0.4, -0.2) is 36.3 Å². The Morgan fingerprint density at radius 3 is 2.57 bits per heavy atom. The van der Waals surface area contributed by atoms with Gasteiger partial charge in [-0.15, -0.1) is 0 Å². The van der Waals surface area contributed by atoms with E-state index in [1.165, 1.54) is 0 Å². The summed E-state index contributed by atoms with van der Waals surface area (Å²) in [6.07, 6.45) is 1.65. The molecule has 2 saturated heterocycles. The molecule has 2 fully saturated rings. The maximum Gasteiger partial charge on any atom is 0.223 e. The van der Waals surface area contributed by atoms with Crippen LogP contribution in [0.5, 0.6) is 0 Å². The van der Waals surface area contributed by atoms with E-state index in [4.69, 9.17) is 0 Å². The molecule has 2 heterocycles. The fourth-order valence-electron chi connectivity index (χ4n) is 3.08. The van der Waals surface area contributed by atoms with Crippen molar-refractivity contribution in [1.29, 1.82) is 0 Å². The summed E-state index contributed by atoms with van der Waals surface area (Å²) < 4.78 is 0. The summed E-state index contributed by atoms with van der Waals surface area (Å²) >= 11 is 0. The molecule has 2 aliphatic rings. The second-order valence-corrected chi connectivity index (χ2v) is 6.66. The molecule has 23 heavy (non-hydrogen) atoms. The van der Waals surface area contributed by atoms with Crippen molar-refractivity contribution in [3.63, 3.8) is 0 Å². The molecular formula is C18H25N3O2. The molecule has 3 rings (SSSR count). The first-order valence-corrected chi connectivity index (χ1v) is 8.47. The molecule has 0 aliphatic carbocycles. The molecule has 1 unspecified atom stereocenters. The molecule has 5 heteroatoms. The minimum atomic E-state index is 0.0664. The quantitative estimate of drug-likeness (QED) is 0.831. The average Bonchev–Trinajstić information content (AvgIpc) is 2.89. The first-order chi connectivity index (χ1) is 11.1. The Balaban J connectivity index is 1.47. The van der Waals surface area contributed by atoms with E-state index in [-0.39, 0.29) is 17.7 Å². The lowest BCUT2D eigenvalue weighted by atomic mass is 9.88. The molecule has 1 aromatic rings. The minimum Gasteiger partial charge on any atom is -0.352 e. The van der Waals surface area contributed by atoms with E-state index in [0.29, 0.717) is 25.4 Å². The third-order valence-corrected chi connectivity index (χ3v) is 4.97. The molecule has 5 nitrogen and oxygen atoms in total. The third-order valence-electron chi connectivity index (χ3n) is 4.97. The minimum absolute atomic E-state index is 0.0664. The largest absolute Gasteiger partial charge is 0.352 e. The van der Waals surface area contributed by atoms with Gasteiger partial charge in [0.25, 0.3) is 0 Å². The normalized spacial score (nSPS) is 19.5. The van der Waals surface area contributed by atoms with Gasteiger partial charge in [0.1, 0.15) is 0 Å². The summed E-state index contributed by atoms with van der Waals surface area (Å²) in [4.78, 5) is 25.7. The van der Waals surface area contributed by atoms with E-state index in [9.17, 15) is 9.59 Å². The van der Waals surface area contributed by atoms with Crippen LogP contribution in [0.1, 0.15) is 30.9 Å². The van der Waals surface area contributed by atoms with Gasteiger partial charge in [0.2, 0.25) is 11.8 Å². The van der Waals surface area contributed by atoms with Gasteiger partial charge in [0, 0.05) is 32.0 Å². The topological polar surface area (TPSA) is 61.4 Å². The number of rotatable bonds is 6. The summed E-state index contributed by atoms with van der Waals surface area (Å²) in [5.74, 6) is 0.913. The second kappa shape index (κ2) is 7.13. The number of nitrogens with zero attached hydrogens (tertiary/aromatic N) is 1. The van der Waals surface area contributed by atoms with E-state index in [1.807, 2.05) is 36.1 Å². The third kappa shape index (κ3) is 3.91. The van der Waals surface area contributed by atoms with Crippen molar-refractivity contribution in [3.05, 3.63) is 35.4 Å². The predicted octanol–water partition coefficient (Wildman–Crippen LogP) is 1.28. The number of hydrogen-bond acceptors (Lipinski definition) is 3. The van der Waals surface area contributed by atoms with Crippen LogP contribution in [0, 0.1) is 11.8 Å². The predicted molar refractivity (Wildman–Crippen MR) is 88.5 cm³/mol. The van der Waals surface area contributed by atoms with E-state index in [0.717, 1.165) is 37.2 Å². The van der Waals surface area contributed by atoms with Crippen LogP contribution >= 0.6 is 0 Å². The number of likely N-dealkylation sites (tertiary alicyclic amines) is 1. The summed E-state index contributed by atoms with van der Waals surface area (Å²) in [7, 11) is 0. The maximum absolute atomic E-state index is 12.1. The molecule has 124 valence electrons. The molecule has 0 aromatic heterocycles. The summed E-state index contributed by atoms with van der Waals surface area (Å²) in [6.45, 7) is 6.00. The molecule has 0 spiro atoms. The number of carbonyl (C=O) groups excluding carboxylic acids is 2. The number of amides is 2. The van der Waals surface area contributed by atoms with Gasteiger partial charge < -0.3 is 15.5 Å². The van der Waals surface area contributed by atoms with Crippen LogP contribution in [0.4, 0.5) is 0 Å². The van der Waals surface area contributed by atoms with Crippen molar-refractivity contribution in [2.24, 2.45) is 11.8 Å². The molecule has 0 radical (unpaired) electrons. The van der Waals surface area contributed by atoms with Crippen molar-refractivity contribution < 1.29 is 9.59 Å². The highest BCUT2D eigenvalue weighted by molar-refractivity contribution is 5.79. The van der Waals surface area contributed by atoms with Crippen molar-refractivity contribution in [2.45, 2.75) is 32.9 Å². The Morgan fingerprint density at radius 1 is 1.30 bits per heavy atom. The van der Waals surface area contributed by atoms with Gasteiger partial charge in [-0.05, 0) is 36.6 Å². The highest BCUT2D eigenvalue weighted by atomic mass is 16.2. The summed E-state index contributed by atoms with van der Waals surface area (Å²) in [6, 6.07) is 8.16. The zero-order valence-corrected chi connectivity index (χ0v) is 13.7. The zero-order chi connectivity index (χ0) is 16.2. The Morgan fingerprint density at radius 2 is 2.00 bits per heavy atom. The number of benzene rings is 1. The van der Waals surface area contributed by atoms with Crippen LogP contribution in [0.2, 0.25) is 0 Å². The Hall–Kier alpha value is -1.88. The molecule has 0 saturated carbocycles. The van der Waals surface area contributed by atoms with Crippen LogP contribution < -0.4 is 10.6 Å². The molecular weight excluding hydrogens is 290 g/mol. The van der Waals surface area contributed by atoms with E-state index in [1.54, 1.807) is 0 Å². The van der Waals surface area contributed by atoms with Crippen molar-refractivity contribution in [1.82, 2.24) is 15.5 Å². The highest BCUT2D eigenvalue weighted by Gasteiger charge is 2.28. The van der Waals surface area contributed by atoms with Gasteiger partial charge in [0.05, 0.1) is 0 Å². The van der Waals surface area contributed by atoms with Crippen molar-refractivity contribution in [3.8, 4) is 0 Å². The highest BCUT2D eigenvalue weighted by Crippen LogP contribution is 2.17. The molecule has 2 aliphatic heterocycles. The second-order valence-electron chi connectivity index (χ2n) is 6.66. The first-order valence-electron chi connectivity index (χ1n) is 8.47. The van der Waals surface area contributed by atoms with Gasteiger partial charge in [-0.25, -0.2) is 0 Å². The standard InChI is InChI=1S/C18H25N3O2/c1-13(16-10-19-11-16)18(23)20-9-14-4-6-15(7-5-14)12-21-8-2-3-17(21)22/h4-7,13,16,19H,2-3,8-12H2,1H3,(H,20,23). The number of hydrogen-bond donors (Lipinski definition) is 2. The van der Waals surface area contributed by atoms with Crippen molar-refractivity contribution in [2.75, 3.05) is 19.6 Å². The van der Waals surface area contributed by atoms with Gasteiger partial charge in [-0.1, -0.05) is 31.2 Å². The van der Waals surface area contributed by atoms with Crippen LogP contribution in [0.25, 0.3) is 0 Å². The molecule has 2 amide bonds. The Labute approximate surface area is 137 Å². The average molecular weight is 315 g/mol. The van der Waals surface area contributed by atoms with Crippen LogP contribution in [-0.2, 0) is 22.7 Å².